The summed E-state index contributed by atoms with van der Waals surface area (Å²) in [5, 5.41) is 7.45. The van der Waals surface area contributed by atoms with Gasteiger partial charge in [0.2, 0.25) is 5.91 Å². The first-order valence-corrected chi connectivity index (χ1v) is 9.74. The third kappa shape index (κ3) is 3.05. The highest BCUT2D eigenvalue weighted by Gasteiger charge is 2.46. The zero-order chi connectivity index (χ0) is 19.0. The minimum absolute atomic E-state index is 0.0531. The SMILES string of the molecule is O=C1NC2(CCN(c3noc(-c4ccccc4)n3)CC2)C[C@@H]1c1ccccc1. The quantitative estimate of drug-likeness (QED) is 0.761. The third-order valence-electron chi connectivity index (χ3n) is 5.94. The molecule has 3 heterocycles. The zero-order valence-electron chi connectivity index (χ0n) is 15.5. The van der Waals surface area contributed by atoms with Crippen molar-refractivity contribution in [2.24, 2.45) is 0 Å². The van der Waals surface area contributed by atoms with Crippen molar-refractivity contribution in [1.29, 1.82) is 0 Å². The summed E-state index contributed by atoms with van der Waals surface area (Å²) in [6.07, 6.45) is 2.62. The van der Waals surface area contributed by atoms with Crippen LogP contribution in [0.3, 0.4) is 0 Å². The van der Waals surface area contributed by atoms with E-state index >= 15 is 0 Å². The summed E-state index contributed by atoms with van der Waals surface area (Å²) >= 11 is 0. The van der Waals surface area contributed by atoms with E-state index in [0.717, 1.165) is 43.5 Å². The van der Waals surface area contributed by atoms with Gasteiger partial charge >= 0.3 is 0 Å². The lowest BCUT2D eigenvalue weighted by Crippen LogP contribution is -2.51. The highest BCUT2D eigenvalue weighted by Crippen LogP contribution is 2.39. The van der Waals surface area contributed by atoms with Gasteiger partial charge < -0.3 is 14.7 Å². The summed E-state index contributed by atoms with van der Waals surface area (Å²) in [5.41, 5.74) is 1.90. The molecule has 0 saturated carbocycles. The molecule has 1 atom stereocenters. The summed E-state index contributed by atoms with van der Waals surface area (Å²) in [6, 6.07) is 19.9. The summed E-state index contributed by atoms with van der Waals surface area (Å²) < 4.78 is 5.44. The molecule has 6 nitrogen and oxygen atoms in total. The van der Waals surface area contributed by atoms with E-state index in [0.29, 0.717) is 11.8 Å². The van der Waals surface area contributed by atoms with E-state index in [1.807, 2.05) is 60.7 Å². The first kappa shape index (κ1) is 17.0. The first-order chi connectivity index (χ1) is 13.7. The van der Waals surface area contributed by atoms with Crippen molar-refractivity contribution in [3.63, 3.8) is 0 Å². The lowest BCUT2D eigenvalue weighted by atomic mass is 9.82. The van der Waals surface area contributed by atoms with E-state index in [1.165, 1.54) is 0 Å². The smallest absolute Gasteiger partial charge is 0.266 e. The van der Waals surface area contributed by atoms with Gasteiger partial charge in [0.25, 0.3) is 11.8 Å². The number of hydrogen-bond acceptors (Lipinski definition) is 5. The predicted molar refractivity (Wildman–Crippen MR) is 106 cm³/mol. The van der Waals surface area contributed by atoms with Gasteiger partial charge in [-0.15, -0.1) is 0 Å². The number of piperidine rings is 1. The Morgan fingerprint density at radius 1 is 1.00 bits per heavy atom. The average Bonchev–Trinajstić information content (AvgIpc) is 3.35. The van der Waals surface area contributed by atoms with Gasteiger partial charge in [-0.3, -0.25) is 4.79 Å². The summed E-state index contributed by atoms with van der Waals surface area (Å²) in [6.45, 7) is 1.60. The Labute approximate surface area is 163 Å². The van der Waals surface area contributed by atoms with Crippen LogP contribution in [0, 0.1) is 0 Å². The third-order valence-corrected chi connectivity index (χ3v) is 5.94. The Balaban J connectivity index is 1.27. The van der Waals surface area contributed by atoms with E-state index in [2.05, 4.69) is 20.4 Å². The van der Waals surface area contributed by atoms with Crippen LogP contribution in [-0.2, 0) is 4.79 Å². The topological polar surface area (TPSA) is 71.3 Å². The van der Waals surface area contributed by atoms with E-state index in [9.17, 15) is 4.79 Å². The molecule has 0 bridgehead atoms. The number of nitrogens with one attached hydrogen (secondary N) is 1. The van der Waals surface area contributed by atoms with Gasteiger partial charge in [-0.1, -0.05) is 48.5 Å². The molecule has 2 aromatic carbocycles. The number of benzene rings is 2. The second-order valence-corrected chi connectivity index (χ2v) is 7.69. The van der Waals surface area contributed by atoms with Gasteiger partial charge in [0.05, 0.1) is 5.92 Å². The van der Waals surface area contributed by atoms with Crippen molar-refractivity contribution in [2.45, 2.75) is 30.7 Å². The molecule has 0 unspecified atom stereocenters. The van der Waals surface area contributed by atoms with Crippen LogP contribution in [0.15, 0.2) is 65.2 Å². The van der Waals surface area contributed by atoms with Gasteiger partial charge in [-0.25, -0.2) is 0 Å². The largest absolute Gasteiger partial charge is 0.350 e. The van der Waals surface area contributed by atoms with Crippen molar-refractivity contribution >= 4 is 11.9 Å². The number of carbonyl (C=O) groups is 1. The van der Waals surface area contributed by atoms with Crippen LogP contribution in [0.25, 0.3) is 11.5 Å². The molecule has 6 heteroatoms. The molecule has 2 fully saturated rings. The highest BCUT2D eigenvalue weighted by molar-refractivity contribution is 5.87. The Kier molecular flexibility index (Phi) is 4.11. The van der Waals surface area contributed by atoms with Crippen LogP contribution >= 0.6 is 0 Å². The van der Waals surface area contributed by atoms with Crippen molar-refractivity contribution in [3.8, 4) is 11.5 Å². The molecule has 1 spiro atoms. The van der Waals surface area contributed by atoms with E-state index in [4.69, 9.17) is 4.52 Å². The molecule has 3 aromatic rings. The number of hydrogen-bond donors (Lipinski definition) is 1. The molecule has 2 aliphatic rings. The van der Waals surface area contributed by atoms with Gasteiger partial charge in [0, 0.05) is 24.2 Å². The summed E-state index contributed by atoms with van der Waals surface area (Å²) in [4.78, 5) is 19.3. The second kappa shape index (κ2) is 6.78. The van der Waals surface area contributed by atoms with Crippen molar-refractivity contribution < 1.29 is 9.32 Å². The molecule has 28 heavy (non-hydrogen) atoms. The van der Waals surface area contributed by atoms with Crippen LogP contribution in [0.4, 0.5) is 5.95 Å². The fourth-order valence-electron chi connectivity index (χ4n) is 4.34. The fourth-order valence-corrected chi connectivity index (χ4v) is 4.34. The normalized spacial score (nSPS) is 21.1. The Morgan fingerprint density at radius 2 is 1.68 bits per heavy atom. The van der Waals surface area contributed by atoms with Gasteiger partial charge in [0.15, 0.2) is 0 Å². The molecular formula is C22H22N4O2. The van der Waals surface area contributed by atoms with Crippen molar-refractivity contribution in [2.75, 3.05) is 18.0 Å². The number of nitrogens with zero attached hydrogens (tertiary/aromatic N) is 3. The van der Waals surface area contributed by atoms with Crippen LogP contribution < -0.4 is 10.2 Å². The van der Waals surface area contributed by atoms with Crippen LogP contribution in [-0.4, -0.2) is 34.7 Å². The van der Waals surface area contributed by atoms with Crippen molar-refractivity contribution in [3.05, 3.63) is 66.2 Å². The maximum Gasteiger partial charge on any atom is 0.266 e. The fraction of sp³-hybridized carbons (Fsp3) is 0.318. The average molecular weight is 374 g/mol. The molecule has 5 rings (SSSR count). The number of rotatable bonds is 3. The maximum absolute atomic E-state index is 12.6. The van der Waals surface area contributed by atoms with E-state index < -0.39 is 0 Å². The molecule has 1 aromatic heterocycles. The molecule has 2 aliphatic heterocycles. The molecule has 1 N–H and O–H groups in total. The lowest BCUT2D eigenvalue weighted by molar-refractivity contribution is -0.121. The highest BCUT2D eigenvalue weighted by atomic mass is 16.5. The number of aromatic nitrogens is 2. The van der Waals surface area contributed by atoms with Crippen molar-refractivity contribution in [1.82, 2.24) is 15.5 Å². The Hall–Kier alpha value is -3.15. The molecule has 2 saturated heterocycles. The summed E-state index contributed by atoms with van der Waals surface area (Å²) in [5.74, 6) is 1.25. The van der Waals surface area contributed by atoms with Gasteiger partial charge in [-0.2, -0.15) is 4.98 Å². The van der Waals surface area contributed by atoms with Crippen LogP contribution in [0.5, 0.6) is 0 Å². The standard InChI is InChI=1S/C22H22N4O2/c27-19-18(16-7-3-1-4-8-16)15-22(24-19)11-13-26(14-12-22)21-23-20(28-25-21)17-9-5-2-6-10-17/h1-10,18H,11-15H2,(H,24,27)/t18-/m1/s1. The minimum atomic E-state index is -0.125. The van der Waals surface area contributed by atoms with Gasteiger partial charge in [-0.05, 0) is 42.1 Å². The zero-order valence-corrected chi connectivity index (χ0v) is 15.5. The lowest BCUT2D eigenvalue weighted by Gasteiger charge is -2.38. The number of anilines is 1. The summed E-state index contributed by atoms with van der Waals surface area (Å²) in [7, 11) is 0. The maximum atomic E-state index is 12.6. The predicted octanol–water partition coefficient (Wildman–Crippen LogP) is 3.38. The van der Waals surface area contributed by atoms with Crippen LogP contribution in [0.2, 0.25) is 0 Å². The second-order valence-electron chi connectivity index (χ2n) is 7.69. The molecule has 0 radical (unpaired) electrons. The molecule has 142 valence electrons. The Bertz CT molecular complexity index is 962. The number of amides is 1. The number of carbonyl (C=O) groups excluding carboxylic acids is 1. The van der Waals surface area contributed by atoms with Crippen LogP contribution in [0.1, 0.15) is 30.7 Å². The minimum Gasteiger partial charge on any atom is -0.350 e. The Morgan fingerprint density at radius 3 is 2.39 bits per heavy atom. The molecule has 1 amide bonds. The molecule has 0 aliphatic carbocycles. The first-order valence-electron chi connectivity index (χ1n) is 9.74. The molecular weight excluding hydrogens is 352 g/mol. The van der Waals surface area contributed by atoms with E-state index in [1.54, 1.807) is 0 Å². The van der Waals surface area contributed by atoms with Gasteiger partial charge in [0.1, 0.15) is 0 Å². The monoisotopic (exact) mass is 374 g/mol. The van der Waals surface area contributed by atoms with E-state index in [-0.39, 0.29) is 17.4 Å².